The van der Waals surface area contributed by atoms with Crippen molar-refractivity contribution in [2.75, 3.05) is 13.7 Å². The van der Waals surface area contributed by atoms with Crippen LogP contribution in [0.1, 0.15) is 42.6 Å². The van der Waals surface area contributed by atoms with Gasteiger partial charge in [-0.15, -0.1) is 0 Å². The number of methoxy groups -OCH3 is 1. The standard InChI is InChI=1S/C24H29N3O4/c1-16(2)12-13-31-21-10-8-17(14-22(21)30-3)24(29)27-26-23(28)11-9-18-15-25-20-7-5-4-6-19(18)20/h4-8,10,14-16,25H,9,11-13H2,1-3H3,(H,26,28)(H,27,29). The quantitative estimate of drug-likeness (QED) is 0.454. The van der Waals surface area contributed by atoms with Crippen LogP contribution in [0.4, 0.5) is 0 Å². The molecule has 3 aromatic rings. The SMILES string of the molecule is COc1cc(C(=O)NNC(=O)CCc2c[nH]c3ccccc23)ccc1OCCC(C)C. The third-order valence-corrected chi connectivity index (χ3v) is 4.99. The van der Waals surface area contributed by atoms with Gasteiger partial charge in [-0.3, -0.25) is 20.4 Å². The minimum absolute atomic E-state index is 0.258. The van der Waals surface area contributed by atoms with Gasteiger partial charge in [-0.25, -0.2) is 0 Å². The molecule has 0 atom stereocenters. The zero-order valence-electron chi connectivity index (χ0n) is 18.2. The van der Waals surface area contributed by atoms with Crippen molar-refractivity contribution in [3.05, 3.63) is 59.8 Å². The fourth-order valence-electron chi connectivity index (χ4n) is 3.18. The minimum atomic E-state index is -0.424. The molecule has 7 nitrogen and oxygen atoms in total. The maximum absolute atomic E-state index is 12.4. The van der Waals surface area contributed by atoms with Crippen LogP contribution in [0.3, 0.4) is 0 Å². The lowest BCUT2D eigenvalue weighted by atomic mass is 10.1. The van der Waals surface area contributed by atoms with E-state index >= 15 is 0 Å². The van der Waals surface area contributed by atoms with Crippen LogP contribution < -0.4 is 20.3 Å². The Labute approximate surface area is 182 Å². The Morgan fingerprint density at radius 2 is 1.87 bits per heavy atom. The van der Waals surface area contributed by atoms with Crippen molar-refractivity contribution in [3.63, 3.8) is 0 Å². The fourth-order valence-corrected chi connectivity index (χ4v) is 3.18. The summed E-state index contributed by atoms with van der Waals surface area (Å²) in [7, 11) is 1.53. The lowest BCUT2D eigenvalue weighted by molar-refractivity contribution is -0.121. The van der Waals surface area contributed by atoms with Crippen molar-refractivity contribution in [3.8, 4) is 11.5 Å². The van der Waals surface area contributed by atoms with Crippen LogP contribution in [0.5, 0.6) is 11.5 Å². The Bertz CT molecular complexity index is 1040. The summed E-state index contributed by atoms with van der Waals surface area (Å²) in [6.07, 6.45) is 3.67. The fraction of sp³-hybridized carbons (Fsp3) is 0.333. The number of carbonyl (C=O) groups is 2. The molecule has 0 saturated heterocycles. The number of benzene rings is 2. The predicted octanol–water partition coefficient (Wildman–Crippen LogP) is 4.00. The Hall–Kier alpha value is -3.48. The number of aromatic amines is 1. The molecule has 0 spiro atoms. The summed E-state index contributed by atoms with van der Waals surface area (Å²) < 4.78 is 11.1. The van der Waals surface area contributed by atoms with Crippen molar-refractivity contribution < 1.29 is 19.1 Å². The number of hydrazine groups is 1. The second kappa shape index (κ2) is 10.5. The van der Waals surface area contributed by atoms with Gasteiger partial charge in [0.1, 0.15) is 0 Å². The third-order valence-electron chi connectivity index (χ3n) is 4.99. The lowest BCUT2D eigenvalue weighted by Gasteiger charge is -2.13. The number of aryl methyl sites for hydroxylation is 1. The maximum atomic E-state index is 12.4. The lowest BCUT2D eigenvalue weighted by Crippen LogP contribution is -2.41. The highest BCUT2D eigenvalue weighted by molar-refractivity contribution is 5.96. The number of aromatic nitrogens is 1. The van der Waals surface area contributed by atoms with Crippen LogP contribution in [-0.4, -0.2) is 30.5 Å². The average Bonchev–Trinajstić information content (AvgIpc) is 3.19. The molecule has 0 fully saturated rings. The zero-order chi connectivity index (χ0) is 22.2. The summed E-state index contributed by atoms with van der Waals surface area (Å²) >= 11 is 0. The van der Waals surface area contributed by atoms with Gasteiger partial charge in [-0.05, 0) is 48.6 Å². The molecule has 7 heteroatoms. The van der Waals surface area contributed by atoms with E-state index in [1.54, 1.807) is 18.2 Å². The van der Waals surface area contributed by atoms with Gasteiger partial charge in [0.05, 0.1) is 13.7 Å². The number of carbonyl (C=O) groups excluding carboxylic acids is 2. The molecule has 1 aromatic heterocycles. The number of para-hydroxylation sites is 1. The number of amides is 2. The molecule has 0 saturated carbocycles. The minimum Gasteiger partial charge on any atom is -0.493 e. The molecular formula is C24H29N3O4. The second-order valence-electron chi connectivity index (χ2n) is 7.76. The van der Waals surface area contributed by atoms with Gasteiger partial charge in [-0.1, -0.05) is 32.0 Å². The molecule has 1 heterocycles. The maximum Gasteiger partial charge on any atom is 0.269 e. The second-order valence-corrected chi connectivity index (χ2v) is 7.76. The molecule has 3 N–H and O–H groups in total. The van der Waals surface area contributed by atoms with Crippen molar-refractivity contribution in [2.45, 2.75) is 33.1 Å². The summed E-state index contributed by atoms with van der Waals surface area (Å²) in [5.74, 6) is 0.909. The number of ether oxygens (including phenoxy) is 2. The van der Waals surface area contributed by atoms with E-state index in [1.165, 1.54) is 7.11 Å². The zero-order valence-corrected chi connectivity index (χ0v) is 18.2. The highest BCUT2D eigenvalue weighted by Gasteiger charge is 2.13. The van der Waals surface area contributed by atoms with E-state index in [0.717, 1.165) is 22.9 Å². The molecule has 0 aliphatic carbocycles. The molecule has 0 bridgehead atoms. The molecule has 0 radical (unpaired) electrons. The molecule has 31 heavy (non-hydrogen) atoms. The van der Waals surface area contributed by atoms with Gasteiger partial charge in [0, 0.05) is 29.1 Å². The van der Waals surface area contributed by atoms with Gasteiger partial charge in [0.25, 0.3) is 5.91 Å². The molecule has 0 unspecified atom stereocenters. The number of hydrogen-bond acceptors (Lipinski definition) is 4. The summed E-state index contributed by atoms with van der Waals surface area (Å²) in [5.41, 5.74) is 7.39. The van der Waals surface area contributed by atoms with Crippen LogP contribution >= 0.6 is 0 Å². The Balaban J connectivity index is 1.50. The van der Waals surface area contributed by atoms with E-state index in [9.17, 15) is 9.59 Å². The van der Waals surface area contributed by atoms with Crippen molar-refractivity contribution >= 4 is 22.7 Å². The first-order valence-electron chi connectivity index (χ1n) is 10.4. The molecule has 0 aliphatic heterocycles. The van der Waals surface area contributed by atoms with E-state index < -0.39 is 5.91 Å². The van der Waals surface area contributed by atoms with E-state index in [4.69, 9.17) is 9.47 Å². The van der Waals surface area contributed by atoms with Crippen LogP contribution in [0.25, 0.3) is 10.9 Å². The van der Waals surface area contributed by atoms with Crippen molar-refractivity contribution in [2.24, 2.45) is 5.92 Å². The Morgan fingerprint density at radius 3 is 2.65 bits per heavy atom. The first-order chi connectivity index (χ1) is 15.0. The summed E-state index contributed by atoms with van der Waals surface area (Å²) in [6, 6.07) is 12.9. The number of hydrogen-bond donors (Lipinski definition) is 3. The average molecular weight is 424 g/mol. The van der Waals surface area contributed by atoms with Crippen LogP contribution in [0.15, 0.2) is 48.7 Å². The Kier molecular flexibility index (Phi) is 7.54. The highest BCUT2D eigenvalue weighted by Crippen LogP contribution is 2.28. The first kappa shape index (κ1) is 22.2. The normalized spacial score (nSPS) is 10.8. The smallest absolute Gasteiger partial charge is 0.269 e. The predicted molar refractivity (Wildman–Crippen MR) is 120 cm³/mol. The van der Waals surface area contributed by atoms with Crippen LogP contribution in [0.2, 0.25) is 0 Å². The molecular weight excluding hydrogens is 394 g/mol. The summed E-state index contributed by atoms with van der Waals surface area (Å²) in [4.78, 5) is 27.8. The molecule has 164 valence electrons. The monoisotopic (exact) mass is 423 g/mol. The van der Waals surface area contributed by atoms with Gasteiger partial charge in [0.15, 0.2) is 11.5 Å². The molecule has 2 amide bonds. The van der Waals surface area contributed by atoms with E-state index in [0.29, 0.717) is 36.0 Å². The summed E-state index contributed by atoms with van der Waals surface area (Å²) in [6.45, 7) is 4.83. The van der Waals surface area contributed by atoms with E-state index in [2.05, 4.69) is 29.7 Å². The Morgan fingerprint density at radius 1 is 1.06 bits per heavy atom. The number of rotatable bonds is 9. The van der Waals surface area contributed by atoms with Gasteiger partial charge >= 0.3 is 0 Å². The van der Waals surface area contributed by atoms with Gasteiger partial charge in [-0.2, -0.15) is 0 Å². The third kappa shape index (κ3) is 6.01. The topological polar surface area (TPSA) is 92.5 Å². The van der Waals surface area contributed by atoms with E-state index in [-0.39, 0.29) is 12.3 Å². The number of nitrogens with one attached hydrogen (secondary N) is 3. The van der Waals surface area contributed by atoms with Gasteiger partial charge in [0.2, 0.25) is 5.91 Å². The molecule has 2 aromatic carbocycles. The number of H-pyrrole nitrogens is 1. The van der Waals surface area contributed by atoms with E-state index in [1.807, 2.05) is 30.5 Å². The molecule has 0 aliphatic rings. The number of fused-ring (bicyclic) bond motifs is 1. The van der Waals surface area contributed by atoms with Crippen LogP contribution in [-0.2, 0) is 11.2 Å². The largest absolute Gasteiger partial charge is 0.493 e. The summed E-state index contributed by atoms with van der Waals surface area (Å²) in [5, 5.41) is 1.10. The highest BCUT2D eigenvalue weighted by atomic mass is 16.5. The van der Waals surface area contributed by atoms with Crippen LogP contribution in [0, 0.1) is 5.92 Å². The molecule has 3 rings (SSSR count). The van der Waals surface area contributed by atoms with Crippen molar-refractivity contribution in [1.29, 1.82) is 0 Å². The first-order valence-corrected chi connectivity index (χ1v) is 10.4. The van der Waals surface area contributed by atoms with Crippen molar-refractivity contribution in [1.82, 2.24) is 15.8 Å². The van der Waals surface area contributed by atoms with Gasteiger partial charge < -0.3 is 14.5 Å².